The first-order valence-electron chi connectivity index (χ1n) is 6.83. The predicted octanol–water partition coefficient (Wildman–Crippen LogP) is 1.68. The van der Waals surface area contributed by atoms with Gasteiger partial charge >= 0.3 is 0 Å². The van der Waals surface area contributed by atoms with Crippen LogP contribution in [0.1, 0.15) is 11.1 Å². The molecule has 1 aliphatic heterocycles. The first-order chi connectivity index (χ1) is 10.3. The van der Waals surface area contributed by atoms with E-state index in [1.807, 2.05) is 18.2 Å². The Morgan fingerprint density at radius 3 is 2.67 bits per heavy atom. The summed E-state index contributed by atoms with van der Waals surface area (Å²) in [5.74, 6) is 1.69. The highest BCUT2D eigenvalue weighted by atomic mass is 16.7. The summed E-state index contributed by atoms with van der Waals surface area (Å²) in [6, 6.07) is 8.22. The lowest BCUT2D eigenvalue weighted by atomic mass is 9.95. The van der Waals surface area contributed by atoms with E-state index in [0.29, 0.717) is 6.79 Å². The lowest BCUT2D eigenvalue weighted by molar-refractivity contribution is -0.109. The number of benzene rings is 2. The molecular weight excluding hydrogens is 264 g/mol. The molecule has 2 aliphatic carbocycles. The minimum Gasteiger partial charge on any atom is -0.454 e. The Labute approximate surface area is 120 Å². The number of ketones is 1. The van der Waals surface area contributed by atoms with E-state index in [-0.39, 0.29) is 5.78 Å². The number of carbonyl (C=O) groups is 1. The van der Waals surface area contributed by atoms with Gasteiger partial charge in [-0.1, -0.05) is 18.2 Å². The van der Waals surface area contributed by atoms with Gasteiger partial charge in [-0.15, -0.1) is 0 Å². The molecule has 1 heterocycles. The normalized spacial score (nSPS) is 17.6. The van der Waals surface area contributed by atoms with E-state index in [4.69, 9.17) is 9.47 Å². The van der Waals surface area contributed by atoms with Crippen LogP contribution in [0.25, 0.3) is 34.8 Å². The number of carbonyl (C=O) groups excluding carboxylic acids is 1. The minimum atomic E-state index is 0.0389. The van der Waals surface area contributed by atoms with E-state index in [9.17, 15) is 4.79 Å². The molecule has 3 heteroatoms. The number of ether oxygens (including phenoxy) is 2. The number of rotatable bonds is 0. The van der Waals surface area contributed by atoms with Crippen LogP contribution in [-0.2, 0) is 14.3 Å². The number of hydrogen-bond donors (Lipinski definition) is 0. The third kappa shape index (κ3) is 1.35. The van der Waals surface area contributed by atoms with Gasteiger partial charge in [0.25, 0.3) is 0 Å². The molecule has 1 fully saturated rings. The zero-order valence-corrected chi connectivity index (χ0v) is 11.1. The molecule has 0 N–H and O–H groups in total. The van der Waals surface area contributed by atoms with Crippen molar-refractivity contribution in [2.75, 3.05) is 6.79 Å². The Bertz CT molecular complexity index is 1020. The SMILES string of the molecule is O=C1C=Cc2c(ccc3c4c(ccc23)=C2OCOC2=C4)=C1. The van der Waals surface area contributed by atoms with Crippen LogP contribution in [0.5, 0.6) is 0 Å². The number of hydrogen-bond acceptors (Lipinski definition) is 3. The van der Waals surface area contributed by atoms with Crippen LogP contribution in [0, 0.1) is 0 Å². The second-order valence-corrected chi connectivity index (χ2v) is 5.31. The van der Waals surface area contributed by atoms with Crippen molar-refractivity contribution in [1.29, 1.82) is 0 Å². The van der Waals surface area contributed by atoms with Gasteiger partial charge in [-0.05, 0) is 57.5 Å². The van der Waals surface area contributed by atoms with Gasteiger partial charge < -0.3 is 9.47 Å². The summed E-state index contributed by atoms with van der Waals surface area (Å²) in [5, 5.41) is 4.35. The fourth-order valence-corrected chi connectivity index (χ4v) is 3.24. The second-order valence-electron chi connectivity index (χ2n) is 5.31. The molecule has 1 saturated heterocycles. The van der Waals surface area contributed by atoms with E-state index in [0.717, 1.165) is 43.9 Å². The van der Waals surface area contributed by atoms with Crippen LogP contribution in [0.15, 0.2) is 36.1 Å². The molecule has 100 valence electrons. The molecule has 5 rings (SSSR count). The first kappa shape index (κ1) is 10.9. The van der Waals surface area contributed by atoms with Crippen LogP contribution in [-0.4, -0.2) is 12.6 Å². The van der Waals surface area contributed by atoms with Crippen LogP contribution >= 0.6 is 0 Å². The standard InChI is InChI=1S/C18H10O3/c19-11-2-4-12-10(7-11)1-3-14-13(12)5-6-15-16(14)8-17-18(15)21-9-20-17/h1-8H,9H2. The molecule has 0 saturated carbocycles. The number of allylic oxidation sites excluding steroid dienone is 1. The molecule has 3 nitrogen and oxygen atoms in total. The van der Waals surface area contributed by atoms with Gasteiger partial charge in [0.2, 0.25) is 6.79 Å². The van der Waals surface area contributed by atoms with E-state index in [1.54, 1.807) is 12.2 Å². The molecule has 2 aromatic rings. The highest BCUT2D eigenvalue weighted by Gasteiger charge is 2.25. The zero-order chi connectivity index (χ0) is 14.0. The van der Waals surface area contributed by atoms with Gasteiger partial charge in [-0.2, -0.15) is 0 Å². The zero-order valence-electron chi connectivity index (χ0n) is 11.1. The fraction of sp³-hybridized carbons (Fsp3) is 0.0556. The van der Waals surface area contributed by atoms with E-state index >= 15 is 0 Å². The van der Waals surface area contributed by atoms with Crippen LogP contribution in [0.2, 0.25) is 0 Å². The van der Waals surface area contributed by atoms with E-state index in [1.165, 1.54) is 0 Å². The molecule has 3 aliphatic rings. The maximum atomic E-state index is 11.5. The smallest absolute Gasteiger partial charge is 0.231 e. The molecule has 0 spiro atoms. The topological polar surface area (TPSA) is 35.5 Å². The van der Waals surface area contributed by atoms with Gasteiger partial charge in [0.15, 0.2) is 17.3 Å². The minimum absolute atomic E-state index is 0.0389. The Hall–Kier alpha value is -2.81. The molecule has 0 amide bonds. The summed E-state index contributed by atoms with van der Waals surface area (Å²) >= 11 is 0. The highest BCUT2D eigenvalue weighted by Crippen LogP contribution is 2.31. The first-order valence-corrected chi connectivity index (χ1v) is 6.83. The maximum absolute atomic E-state index is 11.5. The molecule has 0 unspecified atom stereocenters. The van der Waals surface area contributed by atoms with Crippen molar-refractivity contribution < 1.29 is 14.3 Å². The summed E-state index contributed by atoms with van der Waals surface area (Å²) in [5.41, 5.74) is 2.22. The molecule has 0 atom stereocenters. The van der Waals surface area contributed by atoms with Gasteiger partial charge in [0.1, 0.15) is 0 Å². The number of fused-ring (bicyclic) bond motifs is 6. The van der Waals surface area contributed by atoms with Crippen molar-refractivity contribution in [2.45, 2.75) is 0 Å². The summed E-state index contributed by atoms with van der Waals surface area (Å²) in [6.45, 7) is 0.294. The average molecular weight is 274 g/mol. The predicted molar refractivity (Wildman–Crippen MR) is 80.1 cm³/mol. The molecule has 0 aromatic heterocycles. The van der Waals surface area contributed by atoms with Gasteiger partial charge in [-0.3, -0.25) is 4.79 Å². The van der Waals surface area contributed by atoms with Crippen molar-refractivity contribution in [3.8, 4) is 0 Å². The fourth-order valence-electron chi connectivity index (χ4n) is 3.24. The Balaban J connectivity index is 1.93. The lowest BCUT2D eigenvalue weighted by Gasteiger charge is -2.09. The summed E-state index contributed by atoms with van der Waals surface area (Å²) in [7, 11) is 0. The molecular formula is C18H10O3. The molecule has 0 radical (unpaired) electrons. The largest absolute Gasteiger partial charge is 0.454 e. The van der Waals surface area contributed by atoms with Crippen LogP contribution in [0.3, 0.4) is 0 Å². The van der Waals surface area contributed by atoms with Crippen molar-refractivity contribution >= 4 is 40.5 Å². The van der Waals surface area contributed by atoms with Gasteiger partial charge in [0.05, 0.1) is 0 Å². The summed E-state index contributed by atoms with van der Waals surface area (Å²) in [6.07, 6.45) is 7.22. The molecule has 0 bridgehead atoms. The van der Waals surface area contributed by atoms with Crippen molar-refractivity contribution in [3.63, 3.8) is 0 Å². The monoisotopic (exact) mass is 274 g/mol. The third-order valence-electron chi connectivity index (χ3n) is 4.19. The highest BCUT2D eigenvalue weighted by molar-refractivity contribution is 6.18. The van der Waals surface area contributed by atoms with Gasteiger partial charge in [-0.25, -0.2) is 0 Å². The summed E-state index contributed by atoms with van der Waals surface area (Å²) in [4.78, 5) is 11.5. The Kier molecular flexibility index (Phi) is 1.89. The Morgan fingerprint density at radius 1 is 0.857 bits per heavy atom. The summed E-state index contributed by atoms with van der Waals surface area (Å²) < 4.78 is 11.0. The molecule has 2 aromatic carbocycles. The quantitative estimate of drug-likeness (QED) is 0.733. The van der Waals surface area contributed by atoms with Crippen molar-refractivity contribution in [2.24, 2.45) is 0 Å². The second kappa shape index (κ2) is 3.64. The van der Waals surface area contributed by atoms with Crippen molar-refractivity contribution in [3.05, 3.63) is 57.7 Å². The van der Waals surface area contributed by atoms with E-state index in [2.05, 4.69) is 18.2 Å². The van der Waals surface area contributed by atoms with Crippen LogP contribution in [0.4, 0.5) is 0 Å². The van der Waals surface area contributed by atoms with Crippen molar-refractivity contribution in [1.82, 2.24) is 0 Å². The molecule has 21 heavy (non-hydrogen) atoms. The van der Waals surface area contributed by atoms with Crippen LogP contribution < -0.4 is 10.4 Å². The Morgan fingerprint density at radius 2 is 1.71 bits per heavy atom. The van der Waals surface area contributed by atoms with E-state index < -0.39 is 0 Å². The average Bonchev–Trinajstić information content (AvgIpc) is 3.07. The maximum Gasteiger partial charge on any atom is 0.231 e. The van der Waals surface area contributed by atoms with Gasteiger partial charge in [0, 0.05) is 5.22 Å². The lowest BCUT2D eigenvalue weighted by Crippen LogP contribution is -2.14. The third-order valence-corrected chi connectivity index (χ3v) is 4.19.